The zero-order valence-electron chi connectivity index (χ0n) is 44.4. The summed E-state index contributed by atoms with van der Waals surface area (Å²) in [6, 6.07) is -1.11. The van der Waals surface area contributed by atoms with Crippen LogP contribution in [0.1, 0.15) is 284 Å². The molecular weight excluding hydrogens is 894 g/mol. The van der Waals surface area contributed by atoms with Crippen molar-refractivity contribution in [3.8, 4) is 0 Å². The molecule has 0 aromatic heterocycles. The number of aliphatic hydroxyl groups is 6. The first-order valence-electron chi connectivity index (χ1n) is 29.1. The molecule has 0 spiro atoms. The number of nitrogens with one attached hydrogen (secondary N) is 1. The Hall–Kier alpha value is -0.920. The summed E-state index contributed by atoms with van der Waals surface area (Å²) in [5, 5.41) is 64.3. The number of phosphoric acid groups is 1. The summed E-state index contributed by atoms with van der Waals surface area (Å²) >= 11 is 0. The predicted molar refractivity (Wildman–Crippen MR) is 283 cm³/mol. The summed E-state index contributed by atoms with van der Waals surface area (Å²) in [7, 11) is -5.08. The second-order valence-electron chi connectivity index (χ2n) is 20.9. The molecule has 0 aliphatic heterocycles. The molecule has 0 heterocycles. The standard InChI is InChI=1S/C56H110NO11P/c1-3-5-7-9-11-13-15-17-19-21-22-23-24-25-26-27-28-30-32-34-36-38-40-42-44-46-50(59)57-48(47-67-69(65,66)68-56-54(63)52(61)51(60)53(62)55(56)64)49(58)45-43-41-39-37-35-33-31-29-20-18-16-14-12-10-8-6-4-2/h43,45,48-49,51-56,58,60-64H,3-42,44,46-47H2,1-2H3,(H,57,59)(H,65,66)/b45-43+/t48-,49+,51?,52+,53?,54?,55?,56?/m0/s1. The summed E-state index contributed by atoms with van der Waals surface area (Å²) in [6.07, 6.45) is 42.9. The van der Waals surface area contributed by atoms with Gasteiger partial charge in [0, 0.05) is 6.42 Å². The number of aliphatic hydroxyl groups excluding tert-OH is 6. The van der Waals surface area contributed by atoms with Gasteiger partial charge in [-0.05, 0) is 19.3 Å². The van der Waals surface area contributed by atoms with Crippen molar-refractivity contribution in [3.63, 3.8) is 0 Å². The minimum atomic E-state index is -5.08. The van der Waals surface area contributed by atoms with Crippen molar-refractivity contribution < 1.29 is 53.9 Å². The van der Waals surface area contributed by atoms with E-state index >= 15 is 0 Å². The van der Waals surface area contributed by atoms with Crippen molar-refractivity contribution in [2.24, 2.45) is 0 Å². The van der Waals surface area contributed by atoms with E-state index in [1.54, 1.807) is 6.08 Å². The maximum absolute atomic E-state index is 13.0. The molecule has 12 nitrogen and oxygen atoms in total. The summed E-state index contributed by atoms with van der Waals surface area (Å²) in [5.41, 5.74) is 0. The van der Waals surface area contributed by atoms with E-state index in [2.05, 4.69) is 19.2 Å². The maximum Gasteiger partial charge on any atom is 0.472 e. The largest absolute Gasteiger partial charge is 0.472 e. The highest BCUT2D eigenvalue weighted by Gasteiger charge is 2.51. The van der Waals surface area contributed by atoms with Crippen LogP contribution in [0.15, 0.2) is 12.2 Å². The molecule has 1 rings (SSSR count). The van der Waals surface area contributed by atoms with Crippen molar-refractivity contribution in [1.29, 1.82) is 0 Å². The molecule has 6 unspecified atom stereocenters. The Balaban J connectivity index is 2.32. The Morgan fingerprint density at radius 3 is 1.10 bits per heavy atom. The molecule has 1 saturated carbocycles. The van der Waals surface area contributed by atoms with Gasteiger partial charge in [-0.25, -0.2) is 4.57 Å². The molecule has 410 valence electrons. The molecule has 13 heteroatoms. The fourth-order valence-electron chi connectivity index (χ4n) is 9.61. The number of allylic oxidation sites excluding steroid dienone is 1. The van der Waals surface area contributed by atoms with Crippen LogP contribution >= 0.6 is 7.82 Å². The Labute approximate surface area is 422 Å². The number of unbranched alkanes of at least 4 members (excludes halogenated alkanes) is 39. The molecule has 69 heavy (non-hydrogen) atoms. The number of rotatable bonds is 50. The molecule has 0 bridgehead atoms. The number of hydrogen-bond acceptors (Lipinski definition) is 10. The van der Waals surface area contributed by atoms with Gasteiger partial charge in [0.2, 0.25) is 5.91 Å². The lowest BCUT2D eigenvalue weighted by Gasteiger charge is -2.41. The zero-order valence-corrected chi connectivity index (χ0v) is 45.3. The predicted octanol–water partition coefficient (Wildman–Crippen LogP) is 13.1. The molecule has 0 aromatic rings. The lowest BCUT2D eigenvalue weighted by molar-refractivity contribution is -0.220. The van der Waals surface area contributed by atoms with Crippen LogP contribution in [0.2, 0.25) is 0 Å². The van der Waals surface area contributed by atoms with Crippen LogP contribution < -0.4 is 5.32 Å². The summed E-state index contributed by atoms with van der Waals surface area (Å²) in [4.78, 5) is 23.5. The SMILES string of the molecule is CCCCCCCCCCCCCCCCC/C=C/[C@@H](O)[C@H](COP(=O)(O)OC1C(O)C(O)C(O)[C@@H](O)C1O)NC(=O)CCCCCCCCCCCCCCCCCCCCCCCCCCC. The highest BCUT2D eigenvalue weighted by Crippen LogP contribution is 2.47. The van der Waals surface area contributed by atoms with Crippen LogP contribution in [0.4, 0.5) is 0 Å². The smallest absolute Gasteiger partial charge is 0.387 e. The van der Waals surface area contributed by atoms with Crippen LogP contribution in [0.25, 0.3) is 0 Å². The van der Waals surface area contributed by atoms with Gasteiger partial charge < -0.3 is 40.8 Å². The van der Waals surface area contributed by atoms with E-state index in [9.17, 15) is 44.9 Å². The van der Waals surface area contributed by atoms with Gasteiger partial charge in [0.1, 0.15) is 36.6 Å². The Kier molecular flexibility index (Phi) is 43.8. The quantitative estimate of drug-likeness (QED) is 0.0163. The third kappa shape index (κ3) is 36.6. The summed E-state index contributed by atoms with van der Waals surface area (Å²) in [5.74, 6) is -0.334. The second-order valence-corrected chi connectivity index (χ2v) is 22.3. The van der Waals surface area contributed by atoms with Crippen molar-refractivity contribution in [2.45, 2.75) is 332 Å². The summed E-state index contributed by atoms with van der Waals surface area (Å²) < 4.78 is 23.0. The van der Waals surface area contributed by atoms with E-state index in [-0.39, 0.29) is 12.3 Å². The van der Waals surface area contributed by atoms with Crippen molar-refractivity contribution in [1.82, 2.24) is 5.32 Å². The van der Waals surface area contributed by atoms with Crippen LogP contribution in [0.3, 0.4) is 0 Å². The third-order valence-corrected chi connectivity index (χ3v) is 15.3. The average molecular weight is 1000 g/mol. The topological polar surface area (TPSA) is 206 Å². The second kappa shape index (κ2) is 45.7. The van der Waals surface area contributed by atoms with E-state index in [0.29, 0.717) is 6.42 Å². The molecule has 1 fully saturated rings. The van der Waals surface area contributed by atoms with Crippen molar-refractivity contribution in [2.75, 3.05) is 6.61 Å². The molecule has 1 aliphatic carbocycles. The molecular formula is C56H110NO11P. The van der Waals surface area contributed by atoms with E-state index in [1.807, 2.05) is 6.08 Å². The molecule has 9 atom stereocenters. The monoisotopic (exact) mass is 1000 g/mol. The lowest BCUT2D eigenvalue weighted by atomic mass is 9.85. The van der Waals surface area contributed by atoms with Gasteiger partial charge >= 0.3 is 7.82 Å². The number of amides is 1. The Bertz CT molecular complexity index is 1210. The minimum absolute atomic E-state index is 0.219. The van der Waals surface area contributed by atoms with Crippen molar-refractivity contribution >= 4 is 13.7 Å². The van der Waals surface area contributed by atoms with Crippen LogP contribution in [-0.4, -0.2) is 96.8 Å². The first-order chi connectivity index (χ1) is 33.4. The van der Waals surface area contributed by atoms with Gasteiger partial charge in [0.25, 0.3) is 0 Å². The molecule has 1 amide bonds. The Morgan fingerprint density at radius 1 is 0.478 bits per heavy atom. The fraction of sp³-hybridized carbons (Fsp3) is 0.946. The number of phosphoric ester groups is 1. The zero-order chi connectivity index (χ0) is 50.6. The maximum atomic E-state index is 13.0. The number of carbonyl (C=O) groups excluding carboxylic acids is 1. The first kappa shape index (κ1) is 66.1. The highest BCUT2D eigenvalue weighted by molar-refractivity contribution is 7.47. The molecule has 0 saturated heterocycles. The van der Waals surface area contributed by atoms with Gasteiger partial charge in [0.15, 0.2) is 0 Å². The van der Waals surface area contributed by atoms with Crippen LogP contribution in [0.5, 0.6) is 0 Å². The van der Waals surface area contributed by atoms with E-state index < -0.39 is 63.2 Å². The first-order valence-corrected chi connectivity index (χ1v) is 30.6. The van der Waals surface area contributed by atoms with Gasteiger partial charge in [-0.1, -0.05) is 270 Å². The minimum Gasteiger partial charge on any atom is -0.387 e. The molecule has 0 radical (unpaired) electrons. The lowest BCUT2D eigenvalue weighted by Crippen LogP contribution is -2.64. The van der Waals surface area contributed by atoms with Crippen molar-refractivity contribution in [3.05, 3.63) is 12.2 Å². The third-order valence-electron chi connectivity index (χ3n) is 14.3. The normalized spacial score (nSPS) is 21.5. The highest BCUT2D eigenvalue weighted by atomic mass is 31.2. The Morgan fingerprint density at radius 2 is 0.768 bits per heavy atom. The summed E-state index contributed by atoms with van der Waals surface area (Å²) in [6.45, 7) is 3.89. The van der Waals surface area contributed by atoms with Gasteiger partial charge in [-0.2, -0.15) is 0 Å². The van der Waals surface area contributed by atoms with E-state index in [0.717, 1.165) is 44.9 Å². The van der Waals surface area contributed by atoms with Gasteiger partial charge in [-0.3, -0.25) is 13.8 Å². The van der Waals surface area contributed by atoms with Gasteiger partial charge in [0.05, 0.1) is 18.8 Å². The fourth-order valence-corrected chi connectivity index (χ4v) is 10.6. The molecule has 8 N–H and O–H groups in total. The van der Waals surface area contributed by atoms with E-state index in [4.69, 9.17) is 9.05 Å². The van der Waals surface area contributed by atoms with Crippen LogP contribution in [0, 0.1) is 0 Å². The number of carbonyl (C=O) groups is 1. The van der Waals surface area contributed by atoms with Gasteiger partial charge in [-0.15, -0.1) is 0 Å². The van der Waals surface area contributed by atoms with E-state index in [1.165, 1.54) is 212 Å². The van der Waals surface area contributed by atoms with Crippen LogP contribution in [-0.2, 0) is 18.4 Å². The average Bonchev–Trinajstić information content (AvgIpc) is 3.33. The molecule has 0 aromatic carbocycles. The molecule has 1 aliphatic rings. The number of hydrogen-bond donors (Lipinski definition) is 8.